The van der Waals surface area contributed by atoms with Crippen molar-refractivity contribution in [3.05, 3.63) is 57.6 Å². The van der Waals surface area contributed by atoms with E-state index in [2.05, 4.69) is 65.8 Å². The molecule has 0 amide bonds. The van der Waals surface area contributed by atoms with Crippen LogP contribution in [0.1, 0.15) is 33.4 Å². The predicted molar refractivity (Wildman–Crippen MR) is 98.6 cm³/mol. The summed E-state index contributed by atoms with van der Waals surface area (Å²) in [5.41, 5.74) is 8.48. The minimum Gasteiger partial charge on any atom is -0.0581 e. The van der Waals surface area contributed by atoms with Gasteiger partial charge in [0.05, 0.1) is 0 Å². The van der Waals surface area contributed by atoms with E-state index in [4.69, 9.17) is 0 Å². The molecule has 0 unspecified atom stereocenters. The molecule has 0 aliphatic heterocycles. The maximum Gasteiger partial charge on any atom is -0.00183 e. The van der Waals surface area contributed by atoms with E-state index in [-0.39, 0.29) is 0 Å². The third-order valence-corrected chi connectivity index (χ3v) is 5.64. The van der Waals surface area contributed by atoms with Gasteiger partial charge in [-0.25, -0.2) is 0 Å². The van der Waals surface area contributed by atoms with E-state index in [1.54, 1.807) is 0 Å². The lowest BCUT2D eigenvalue weighted by molar-refractivity contribution is 1.31. The van der Waals surface area contributed by atoms with Crippen molar-refractivity contribution in [1.82, 2.24) is 0 Å². The van der Waals surface area contributed by atoms with E-state index in [9.17, 15) is 0 Å². The maximum absolute atomic E-state index is 2.40. The summed E-state index contributed by atoms with van der Waals surface area (Å²) in [6.07, 6.45) is 0. The smallest absolute Gasteiger partial charge is 0.00183 e. The zero-order chi connectivity index (χ0) is 15.8. The van der Waals surface area contributed by atoms with Crippen LogP contribution in [0.15, 0.2) is 24.3 Å². The van der Waals surface area contributed by atoms with E-state index in [0.717, 1.165) is 0 Å². The lowest BCUT2D eigenvalue weighted by atomic mass is 9.83. The van der Waals surface area contributed by atoms with Crippen molar-refractivity contribution in [3.8, 4) is 0 Å². The molecule has 0 N–H and O–H groups in total. The van der Waals surface area contributed by atoms with Gasteiger partial charge in [0.2, 0.25) is 0 Å². The van der Waals surface area contributed by atoms with Crippen LogP contribution in [0.4, 0.5) is 0 Å². The van der Waals surface area contributed by atoms with Gasteiger partial charge in [-0.1, -0.05) is 24.3 Å². The van der Waals surface area contributed by atoms with Crippen LogP contribution in [0.25, 0.3) is 32.3 Å². The van der Waals surface area contributed by atoms with Gasteiger partial charge in [-0.15, -0.1) is 0 Å². The van der Waals surface area contributed by atoms with Crippen LogP contribution in [0.3, 0.4) is 0 Å². The molecule has 0 spiro atoms. The molecule has 110 valence electrons. The van der Waals surface area contributed by atoms with Crippen molar-refractivity contribution >= 4 is 32.3 Å². The van der Waals surface area contributed by atoms with Gasteiger partial charge in [0.1, 0.15) is 0 Å². The molecule has 0 saturated heterocycles. The first-order chi connectivity index (χ1) is 10.4. The SMILES string of the molecule is Cc1c(C)c2cc(C)c3c(C)ccc4cc(C)c(c1C)c2c43. The van der Waals surface area contributed by atoms with Gasteiger partial charge in [-0.2, -0.15) is 0 Å². The average molecular weight is 286 g/mol. The molecular formula is C22H22. The van der Waals surface area contributed by atoms with Crippen molar-refractivity contribution in [2.45, 2.75) is 41.5 Å². The summed E-state index contributed by atoms with van der Waals surface area (Å²) in [6, 6.07) is 9.32. The highest BCUT2D eigenvalue weighted by molar-refractivity contribution is 6.26. The zero-order valence-electron chi connectivity index (χ0n) is 14.3. The van der Waals surface area contributed by atoms with Crippen LogP contribution in [-0.4, -0.2) is 0 Å². The second kappa shape index (κ2) is 4.23. The first-order valence-corrected chi connectivity index (χ1v) is 8.07. The molecule has 0 aliphatic carbocycles. The maximum atomic E-state index is 2.40. The number of hydrogen-bond acceptors (Lipinski definition) is 0. The fraction of sp³-hybridized carbons (Fsp3) is 0.273. The Morgan fingerprint density at radius 1 is 0.500 bits per heavy atom. The minimum atomic E-state index is 1.38. The lowest BCUT2D eigenvalue weighted by Gasteiger charge is -2.21. The van der Waals surface area contributed by atoms with Gasteiger partial charge in [0.25, 0.3) is 0 Å². The molecule has 0 nitrogen and oxygen atoms in total. The Labute approximate surface area is 132 Å². The fourth-order valence-electron chi connectivity index (χ4n) is 4.33. The van der Waals surface area contributed by atoms with E-state index in [0.29, 0.717) is 0 Å². The highest BCUT2D eigenvalue weighted by Gasteiger charge is 2.18. The summed E-state index contributed by atoms with van der Waals surface area (Å²) in [7, 11) is 0. The van der Waals surface area contributed by atoms with E-state index in [1.165, 1.54) is 65.7 Å². The van der Waals surface area contributed by atoms with Crippen molar-refractivity contribution < 1.29 is 0 Å². The third-order valence-electron chi connectivity index (χ3n) is 5.64. The molecule has 4 rings (SSSR count). The van der Waals surface area contributed by atoms with Crippen LogP contribution in [0, 0.1) is 41.5 Å². The van der Waals surface area contributed by atoms with E-state index in [1.807, 2.05) is 0 Å². The summed E-state index contributed by atoms with van der Waals surface area (Å²) < 4.78 is 0. The van der Waals surface area contributed by atoms with Crippen LogP contribution in [-0.2, 0) is 0 Å². The summed E-state index contributed by atoms with van der Waals surface area (Å²) >= 11 is 0. The van der Waals surface area contributed by atoms with Crippen LogP contribution >= 0.6 is 0 Å². The minimum absolute atomic E-state index is 1.38. The molecule has 0 aromatic heterocycles. The van der Waals surface area contributed by atoms with E-state index >= 15 is 0 Å². The zero-order valence-corrected chi connectivity index (χ0v) is 14.3. The molecule has 0 atom stereocenters. The molecule has 4 aromatic carbocycles. The Balaban J connectivity index is 2.52. The quantitative estimate of drug-likeness (QED) is 0.326. The molecule has 0 heteroatoms. The summed E-state index contributed by atoms with van der Waals surface area (Å²) in [4.78, 5) is 0. The van der Waals surface area contributed by atoms with Gasteiger partial charge in [0, 0.05) is 0 Å². The first kappa shape index (κ1) is 13.6. The molecule has 4 aromatic rings. The predicted octanol–water partition coefficient (Wildman–Crippen LogP) is 6.43. The van der Waals surface area contributed by atoms with Crippen molar-refractivity contribution in [3.63, 3.8) is 0 Å². The summed E-state index contributed by atoms with van der Waals surface area (Å²) in [5.74, 6) is 0. The average Bonchev–Trinajstić information content (AvgIpc) is 2.48. The molecular weight excluding hydrogens is 264 g/mol. The molecule has 0 bridgehead atoms. The Morgan fingerprint density at radius 2 is 1.18 bits per heavy atom. The first-order valence-electron chi connectivity index (χ1n) is 8.07. The van der Waals surface area contributed by atoms with Crippen molar-refractivity contribution in [1.29, 1.82) is 0 Å². The van der Waals surface area contributed by atoms with Crippen LogP contribution in [0.5, 0.6) is 0 Å². The van der Waals surface area contributed by atoms with Gasteiger partial charge in [-0.3, -0.25) is 0 Å². The van der Waals surface area contributed by atoms with E-state index < -0.39 is 0 Å². The third kappa shape index (κ3) is 1.48. The van der Waals surface area contributed by atoms with Crippen LogP contribution < -0.4 is 0 Å². The van der Waals surface area contributed by atoms with Gasteiger partial charge in [0.15, 0.2) is 0 Å². The monoisotopic (exact) mass is 286 g/mol. The number of benzene rings is 4. The molecule has 0 saturated carbocycles. The Kier molecular flexibility index (Phi) is 2.61. The highest BCUT2D eigenvalue weighted by Crippen LogP contribution is 2.42. The largest absolute Gasteiger partial charge is 0.0581 e. The molecule has 0 aliphatic rings. The standard InChI is InChI=1S/C22H22/c1-11-7-8-17-9-12(2)20-16(6)14(4)15(5)18-10-13(3)19(11)21(17)22(18)20/h7-10H,1-6H3. The lowest BCUT2D eigenvalue weighted by Crippen LogP contribution is -1.97. The summed E-state index contributed by atoms with van der Waals surface area (Å²) in [6.45, 7) is 13.6. The highest BCUT2D eigenvalue weighted by atomic mass is 14.2. The second-order valence-electron chi connectivity index (χ2n) is 6.92. The Bertz CT molecular complexity index is 1060. The van der Waals surface area contributed by atoms with Crippen molar-refractivity contribution in [2.75, 3.05) is 0 Å². The van der Waals surface area contributed by atoms with Gasteiger partial charge >= 0.3 is 0 Å². The number of rotatable bonds is 0. The normalized spacial score (nSPS) is 12.1. The fourth-order valence-corrected chi connectivity index (χ4v) is 4.33. The van der Waals surface area contributed by atoms with Gasteiger partial charge in [-0.05, 0) is 107 Å². The second-order valence-corrected chi connectivity index (χ2v) is 6.92. The Hall–Kier alpha value is -2.08. The van der Waals surface area contributed by atoms with Crippen LogP contribution in [0.2, 0.25) is 0 Å². The molecule has 0 radical (unpaired) electrons. The molecule has 22 heavy (non-hydrogen) atoms. The topological polar surface area (TPSA) is 0 Å². The number of hydrogen-bond donors (Lipinski definition) is 0. The van der Waals surface area contributed by atoms with Gasteiger partial charge < -0.3 is 0 Å². The van der Waals surface area contributed by atoms with Crippen molar-refractivity contribution in [2.24, 2.45) is 0 Å². The summed E-state index contributed by atoms with van der Waals surface area (Å²) in [5, 5.41) is 8.64. The number of aryl methyl sites for hydroxylation is 5. The molecule has 0 heterocycles. The Morgan fingerprint density at radius 3 is 1.91 bits per heavy atom. The molecule has 0 fully saturated rings.